The zero-order valence-electron chi connectivity index (χ0n) is 10.8. The van der Waals surface area contributed by atoms with Crippen molar-refractivity contribution in [2.24, 2.45) is 0 Å². The van der Waals surface area contributed by atoms with Crippen LogP contribution in [-0.2, 0) is 4.74 Å². The summed E-state index contributed by atoms with van der Waals surface area (Å²) in [5.41, 5.74) is 0. The zero-order valence-corrected chi connectivity index (χ0v) is 14.5. The molecule has 2 heterocycles. The highest BCUT2D eigenvalue weighted by Gasteiger charge is 2.20. The van der Waals surface area contributed by atoms with E-state index in [1.165, 1.54) is 6.42 Å². The molecule has 1 aromatic heterocycles. The molecule has 1 fully saturated rings. The second kappa shape index (κ2) is 6.68. The summed E-state index contributed by atoms with van der Waals surface area (Å²) in [5.74, 6) is 0. The van der Waals surface area contributed by atoms with Gasteiger partial charge in [0.15, 0.2) is 6.23 Å². The van der Waals surface area contributed by atoms with Crippen molar-refractivity contribution in [1.29, 1.82) is 0 Å². The summed E-state index contributed by atoms with van der Waals surface area (Å²) >= 11 is 9.96. The maximum Gasteiger partial charge on any atom is 0.151 e. The lowest BCUT2D eigenvalue weighted by Crippen LogP contribution is -2.20. The van der Waals surface area contributed by atoms with Crippen molar-refractivity contribution >= 4 is 46.0 Å². The van der Waals surface area contributed by atoms with E-state index in [0.29, 0.717) is 0 Å². The quantitative estimate of drug-likeness (QED) is 0.655. The first-order valence-corrected chi connectivity index (χ1v) is 8.79. The fourth-order valence-corrected chi connectivity index (χ4v) is 3.98. The molecular formula is C14H14ClIN2OS. The van der Waals surface area contributed by atoms with Crippen LogP contribution in [0.5, 0.6) is 0 Å². The monoisotopic (exact) mass is 420 g/mol. The van der Waals surface area contributed by atoms with Gasteiger partial charge < -0.3 is 4.74 Å². The highest BCUT2D eigenvalue weighted by Crippen LogP contribution is 2.34. The standard InChI is InChI=1S/C14H14ClIN2OS/c15-10-4-6-11(7-5-10)20-12-9-17-18(14(12)16)13-3-1-2-8-19-13/h4-7,9,13H,1-3,8H2. The van der Waals surface area contributed by atoms with Crippen LogP contribution in [0.1, 0.15) is 25.5 Å². The van der Waals surface area contributed by atoms with Gasteiger partial charge in [0.05, 0.1) is 11.1 Å². The summed E-state index contributed by atoms with van der Waals surface area (Å²) in [4.78, 5) is 2.32. The minimum Gasteiger partial charge on any atom is -0.356 e. The third kappa shape index (κ3) is 3.32. The van der Waals surface area contributed by atoms with Gasteiger partial charge in [-0.3, -0.25) is 0 Å². The number of nitrogens with zero attached hydrogens (tertiary/aromatic N) is 2. The molecule has 106 valence electrons. The first kappa shape index (κ1) is 14.7. The van der Waals surface area contributed by atoms with E-state index in [1.807, 2.05) is 35.1 Å². The maximum atomic E-state index is 5.91. The molecule has 0 amide bonds. The Hall–Kier alpha value is -0.240. The molecule has 6 heteroatoms. The van der Waals surface area contributed by atoms with E-state index in [-0.39, 0.29) is 6.23 Å². The number of hydrogen-bond acceptors (Lipinski definition) is 3. The van der Waals surface area contributed by atoms with Crippen LogP contribution < -0.4 is 0 Å². The first-order valence-electron chi connectivity index (χ1n) is 6.52. The summed E-state index contributed by atoms with van der Waals surface area (Å²) in [6.45, 7) is 0.834. The SMILES string of the molecule is Clc1ccc(Sc2cnn(C3CCCCO3)c2I)cc1. The minimum absolute atomic E-state index is 0.0928. The van der Waals surface area contributed by atoms with E-state index in [1.54, 1.807) is 11.8 Å². The number of rotatable bonds is 3. The van der Waals surface area contributed by atoms with Crippen LogP contribution in [0.2, 0.25) is 5.02 Å². The number of hydrogen-bond donors (Lipinski definition) is 0. The molecule has 0 N–H and O–H groups in total. The maximum absolute atomic E-state index is 5.91. The molecule has 1 aliphatic rings. The van der Waals surface area contributed by atoms with Crippen LogP contribution in [0.25, 0.3) is 0 Å². The van der Waals surface area contributed by atoms with Crippen LogP contribution in [-0.4, -0.2) is 16.4 Å². The van der Waals surface area contributed by atoms with Gasteiger partial charge in [-0.05, 0) is 66.1 Å². The van der Waals surface area contributed by atoms with Gasteiger partial charge in [0, 0.05) is 16.5 Å². The summed E-state index contributed by atoms with van der Waals surface area (Å²) < 4.78 is 8.92. The highest BCUT2D eigenvalue weighted by molar-refractivity contribution is 14.1. The van der Waals surface area contributed by atoms with Crippen LogP contribution in [0.4, 0.5) is 0 Å². The third-order valence-corrected chi connectivity index (χ3v) is 5.89. The Bertz CT molecular complexity index is 581. The summed E-state index contributed by atoms with van der Waals surface area (Å²) in [5, 5.41) is 5.25. The van der Waals surface area contributed by atoms with Crippen molar-refractivity contribution in [3.05, 3.63) is 39.2 Å². The largest absolute Gasteiger partial charge is 0.356 e. The van der Waals surface area contributed by atoms with Crippen LogP contribution >= 0.6 is 46.0 Å². The van der Waals surface area contributed by atoms with Crippen LogP contribution in [0.3, 0.4) is 0 Å². The molecule has 1 saturated heterocycles. The second-order valence-electron chi connectivity index (χ2n) is 4.62. The predicted molar refractivity (Wildman–Crippen MR) is 89.4 cm³/mol. The zero-order chi connectivity index (χ0) is 13.9. The summed E-state index contributed by atoms with van der Waals surface area (Å²) in [6.07, 6.45) is 5.41. The van der Waals surface area contributed by atoms with E-state index in [4.69, 9.17) is 16.3 Å². The lowest BCUT2D eigenvalue weighted by molar-refractivity contribution is -0.0412. The lowest BCUT2D eigenvalue weighted by atomic mass is 10.2. The van der Waals surface area contributed by atoms with Crippen molar-refractivity contribution in [3.63, 3.8) is 0 Å². The Morgan fingerprint density at radius 2 is 2.10 bits per heavy atom. The van der Waals surface area contributed by atoms with Gasteiger partial charge in [0.2, 0.25) is 0 Å². The topological polar surface area (TPSA) is 27.1 Å². The van der Waals surface area contributed by atoms with E-state index in [2.05, 4.69) is 27.7 Å². The molecule has 0 bridgehead atoms. The molecule has 0 spiro atoms. The number of ether oxygens (including phenoxy) is 1. The van der Waals surface area contributed by atoms with Gasteiger partial charge in [0.1, 0.15) is 3.70 Å². The van der Waals surface area contributed by atoms with Gasteiger partial charge in [-0.15, -0.1) is 0 Å². The molecule has 1 aliphatic heterocycles. The molecule has 0 aliphatic carbocycles. The van der Waals surface area contributed by atoms with E-state index < -0.39 is 0 Å². The van der Waals surface area contributed by atoms with Crippen molar-refractivity contribution in [2.75, 3.05) is 6.61 Å². The molecule has 0 radical (unpaired) electrons. The normalized spacial score (nSPS) is 19.2. The average molecular weight is 421 g/mol. The fourth-order valence-electron chi connectivity index (χ4n) is 2.15. The summed E-state index contributed by atoms with van der Waals surface area (Å²) in [6, 6.07) is 7.87. The Labute approximate surface area is 141 Å². The summed E-state index contributed by atoms with van der Waals surface area (Å²) in [7, 11) is 0. The molecule has 3 nitrogen and oxygen atoms in total. The number of benzene rings is 1. The van der Waals surface area contributed by atoms with Crippen molar-refractivity contribution in [1.82, 2.24) is 9.78 Å². The Balaban J connectivity index is 1.77. The first-order chi connectivity index (χ1) is 9.74. The molecule has 0 saturated carbocycles. The van der Waals surface area contributed by atoms with Gasteiger partial charge in [0.25, 0.3) is 0 Å². The molecule has 2 aromatic rings. The molecule has 3 rings (SSSR count). The smallest absolute Gasteiger partial charge is 0.151 e. The molecule has 1 unspecified atom stereocenters. The van der Waals surface area contributed by atoms with Gasteiger partial charge in [-0.1, -0.05) is 23.4 Å². The number of aromatic nitrogens is 2. The Morgan fingerprint density at radius 3 is 2.80 bits per heavy atom. The highest BCUT2D eigenvalue weighted by atomic mass is 127. The third-order valence-electron chi connectivity index (χ3n) is 3.17. The number of halogens is 2. The minimum atomic E-state index is 0.0928. The van der Waals surface area contributed by atoms with Crippen molar-refractivity contribution < 1.29 is 4.74 Å². The predicted octanol–water partition coefficient (Wildman–Crippen LogP) is 4.99. The van der Waals surface area contributed by atoms with Crippen molar-refractivity contribution in [2.45, 2.75) is 35.3 Å². The fraction of sp³-hybridized carbons (Fsp3) is 0.357. The lowest BCUT2D eigenvalue weighted by Gasteiger charge is -2.23. The van der Waals surface area contributed by atoms with Crippen molar-refractivity contribution in [3.8, 4) is 0 Å². The molecular weight excluding hydrogens is 407 g/mol. The Morgan fingerprint density at radius 1 is 1.30 bits per heavy atom. The molecule has 20 heavy (non-hydrogen) atoms. The second-order valence-corrected chi connectivity index (χ2v) is 7.20. The van der Waals surface area contributed by atoms with Gasteiger partial charge in [-0.2, -0.15) is 5.10 Å². The molecule has 1 aromatic carbocycles. The van der Waals surface area contributed by atoms with Gasteiger partial charge in [-0.25, -0.2) is 4.68 Å². The average Bonchev–Trinajstić information content (AvgIpc) is 2.84. The van der Waals surface area contributed by atoms with Gasteiger partial charge >= 0.3 is 0 Å². The van der Waals surface area contributed by atoms with Crippen LogP contribution in [0, 0.1) is 3.70 Å². The van der Waals surface area contributed by atoms with E-state index in [9.17, 15) is 0 Å². The van der Waals surface area contributed by atoms with Crippen LogP contribution in [0.15, 0.2) is 40.3 Å². The Kier molecular flexibility index (Phi) is 4.91. The van der Waals surface area contributed by atoms with E-state index >= 15 is 0 Å². The molecule has 1 atom stereocenters. The van der Waals surface area contributed by atoms with E-state index in [0.717, 1.165) is 38.0 Å².